The van der Waals surface area contributed by atoms with Crippen molar-refractivity contribution in [2.24, 2.45) is 0 Å². The molecule has 2 aromatic heterocycles. The molecule has 1 aliphatic rings. The highest BCUT2D eigenvalue weighted by Crippen LogP contribution is 2.36. The summed E-state index contributed by atoms with van der Waals surface area (Å²) >= 11 is 0. The zero-order valence-electron chi connectivity index (χ0n) is 14.0. The summed E-state index contributed by atoms with van der Waals surface area (Å²) in [7, 11) is -0.795. The molecule has 5 nitrogen and oxygen atoms in total. The van der Waals surface area contributed by atoms with Gasteiger partial charge in [-0.3, -0.25) is 4.21 Å². The van der Waals surface area contributed by atoms with Crippen molar-refractivity contribution in [3.63, 3.8) is 0 Å². The summed E-state index contributed by atoms with van der Waals surface area (Å²) < 4.78 is 18.5. The van der Waals surface area contributed by atoms with Gasteiger partial charge in [-0.2, -0.15) is 0 Å². The van der Waals surface area contributed by atoms with Crippen molar-refractivity contribution in [1.82, 2.24) is 9.97 Å². The van der Waals surface area contributed by atoms with Crippen molar-refractivity contribution in [2.45, 2.75) is 31.4 Å². The second-order valence-corrected chi connectivity index (χ2v) is 8.30. The Morgan fingerprint density at radius 1 is 1.25 bits per heavy atom. The van der Waals surface area contributed by atoms with Gasteiger partial charge in [-0.1, -0.05) is 26.0 Å². The summed E-state index contributed by atoms with van der Waals surface area (Å²) in [6.07, 6.45) is 3.41. The molecular weight excluding hydrogens is 322 g/mol. The molecule has 24 heavy (non-hydrogen) atoms. The standard InChI is InChI=1S/C18H21N3O2S/c1-3-18(4-2)11-21(9-10-24(18)22)17-16-15(19-12-20-17)13-7-5-6-8-14(13)23-16/h5-8,12H,3-4,9-11H2,1-2H3. The van der Waals surface area contributed by atoms with Crippen LogP contribution in [0.25, 0.3) is 22.1 Å². The van der Waals surface area contributed by atoms with E-state index >= 15 is 0 Å². The van der Waals surface area contributed by atoms with E-state index in [2.05, 4.69) is 28.7 Å². The quantitative estimate of drug-likeness (QED) is 0.728. The second kappa shape index (κ2) is 5.84. The molecular formula is C18H21N3O2S. The van der Waals surface area contributed by atoms with Crippen molar-refractivity contribution in [3.8, 4) is 0 Å². The van der Waals surface area contributed by atoms with E-state index in [0.29, 0.717) is 5.75 Å². The lowest BCUT2D eigenvalue weighted by Gasteiger charge is -2.41. The van der Waals surface area contributed by atoms with E-state index in [9.17, 15) is 4.21 Å². The highest BCUT2D eigenvalue weighted by atomic mass is 32.2. The van der Waals surface area contributed by atoms with Crippen LogP contribution in [-0.4, -0.2) is 37.8 Å². The summed E-state index contributed by atoms with van der Waals surface area (Å²) in [4.78, 5) is 11.2. The van der Waals surface area contributed by atoms with E-state index in [0.717, 1.165) is 53.8 Å². The monoisotopic (exact) mass is 343 g/mol. The van der Waals surface area contributed by atoms with Gasteiger partial charge in [-0.25, -0.2) is 9.97 Å². The molecule has 3 heterocycles. The van der Waals surface area contributed by atoms with Crippen molar-refractivity contribution in [1.29, 1.82) is 0 Å². The minimum Gasteiger partial charge on any atom is -0.450 e. The highest BCUT2D eigenvalue weighted by Gasteiger charge is 2.40. The lowest BCUT2D eigenvalue weighted by atomic mass is 10.0. The van der Waals surface area contributed by atoms with E-state index in [4.69, 9.17) is 4.42 Å². The number of fused-ring (bicyclic) bond motifs is 3. The maximum atomic E-state index is 12.6. The van der Waals surface area contributed by atoms with Crippen molar-refractivity contribution in [2.75, 3.05) is 23.7 Å². The van der Waals surface area contributed by atoms with Crippen LogP contribution in [0.15, 0.2) is 35.0 Å². The number of furan rings is 1. The minimum absolute atomic E-state index is 0.165. The molecule has 0 radical (unpaired) electrons. The second-order valence-electron chi connectivity index (χ2n) is 6.33. The Hall–Kier alpha value is -1.95. The van der Waals surface area contributed by atoms with Crippen molar-refractivity contribution in [3.05, 3.63) is 30.6 Å². The zero-order valence-corrected chi connectivity index (χ0v) is 14.8. The van der Waals surface area contributed by atoms with Crippen LogP contribution in [0.5, 0.6) is 0 Å². The van der Waals surface area contributed by atoms with Gasteiger partial charge in [-0.05, 0) is 25.0 Å². The van der Waals surface area contributed by atoms with Gasteiger partial charge < -0.3 is 9.32 Å². The van der Waals surface area contributed by atoms with Gasteiger partial charge >= 0.3 is 0 Å². The Morgan fingerprint density at radius 3 is 2.83 bits per heavy atom. The summed E-state index contributed by atoms with van der Waals surface area (Å²) in [6.45, 7) is 5.73. The van der Waals surface area contributed by atoms with Crippen LogP contribution in [0, 0.1) is 0 Å². The fraction of sp³-hybridized carbons (Fsp3) is 0.444. The molecule has 4 rings (SSSR count). The number of rotatable bonds is 3. The van der Waals surface area contributed by atoms with Gasteiger partial charge in [-0.15, -0.1) is 0 Å². The molecule has 0 N–H and O–H groups in total. The van der Waals surface area contributed by atoms with Crippen molar-refractivity contribution < 1.29 is 8.63 Å². The van der Waals surface area contributed by atoms with Crippen LogP contribution < -0.4 is 4.90 Å². The van der Waals surface area contributed by atoms with Crippen LogP contribution >= 0.6 is 0 Å². The topological polar surface area (TPSA) is 59.2 Å². The largest absolute Gasteiger partial charge is 0.450 e. The summed E-state index contributed by atoms with van der Waals surface area (Å²) in [6, 6.07) is 7.92. The average Bonchev–Trinajstić information content (AvgIpc) is 3.01. The lowest BCUT2D eigenvalue weighted by molar-refractivity contribution is 0.493. The predicted octanol–water partition coefficient (Wildman–Crippen LogP) is 3.50. The predicted molar refractivity (Wildman–Crippen MR) is 97.8 cm³/mol. The zero-order chi connectivity index (χ0) is 16.7. The molecule has 0 spiro atoms. The molecule has 1 atom stereocenters. The lowest BCUT2D eigenvalue weighted by Crippen LogP contribution is -2.53. The average molecular weight is 343 g/mol. The number of nitrogens with zero attached hydrogens (tertiary/aromatic N) is 3. The third kappa shape index (κ3) is 2.24. The van der Waals surface area contributed by atoms with E-state index in [1.165, 1.54) is 0 Å². The first kappa shape index (κ1) is 15.6. The molecule has 0 saturated carbocycles. The fourth-order valence-corrected chi connectivity index (χ4v) is 5.38. The van der Waals surface area contributed by atoms with Crippen LogP contribution in [0.3, 0.4) is 0 Å². The van der Waals surface area contributed by atoms with E-state index in [-0.39, 0.29) is 4.75 Å². The Labute approximate surface area is 143 Å². The maximum Gasteiger partial charge on any atom is 0.196 e. The number of anilines is 1. The van der Waals surface area contributed by atoms with Gasteiger partial charge in [0.15, 0.2) is 11.4 Å². The Morgan fingerprint density at radius 2 is 2.04 bits per heavy atom. The van der Waals surface area contributed by atoms with Gasteiger partial charge in [0, 0.05) is 35.0 Å². The molecule has 0 bridgehead atoms. The molecule has 0 amide bonds. The first-order valence-corrected chi connectivity index (χ1v) is 9.76. The fourth-order valence-electron chi connectivity index (χ4n) is 3.62. The summed E-state index contributed by atoms with van der Waals surface area (Å²) in [5, 5.41) is 1.01. The van der Waals surface area contributed by atoms with Gasteiger partial charge in [0.2, 0.25) is 0 Å². The van der Waals surface area contributed by atoms with Gasteiger partial charge in [0.05, 0.1) is 4.75 Å². The van der Waals surface area contributed by atoms with Gasteiger partial charge in [0.1, 0.15) is 17.4 Å². The first-order valence-electron chi connectivity index (χ1n) is 8.44. The highest BCUT2D eigenvalue weighted by molar-refractivity contribution is 7.86. The summed E-state index contributed by atoms with van der Waals surface area (Å²) in [5.41, 5.74) is 2.40. The minimum atomic E-state index is -0.795. The number of para-hydroxylation sites is 1. The molecule has 126 valence electrons. The summed E-state index contributed by atoms with van der Waals surface area (Å²) in [5.74, 6) is 1.49. The molecule has 1 saturated heterocycles. The first-order chi connectivity index (χ1) is 11.7. The molecule has 3 aromatic rings. The van der Waals surface area contributed by atoms with Crippen LogP contribution in [0.2, 0.25) is 0 Å². The molecule has 1 aromatic carbocycles. The molecule has 0 aliphatic carbocycles. The smallest absolute Gasteiger partial charge is 0.196 e. The van der Waals surface area contributed by atoms with E-state index in [1.807, 2.05) is 24.3 Å². The maximum absolute atomic E-state index is 12.6. The number of aromatic nitrogens is 2. The number of benzene rings is 1. The Kier molecular flexibility index (Phi) is 3.79. The van der Waals surface area contributed by atoms with Crippen molar-refractivity contribution >= 4 is 38.7 Å². The van der Waals surface area contributed by atoms with Gasteiger partial charge in [0.25, 0.3) is 0 Å². The third-order valence-corrected chi connectivity index (χ3v) is 7.46. The molecule has 1 aliphatic heterocycles. The SMILES string of the molecule is CCC1(CC)CN(c2ncnc3c2oc2ccccc23)CCS1=O. The Balaban J connectivity index is 1.83. The van der Waals surface area contributed by atoms with E-state index < -0.39 is 10.8 Å². The Bertz CT molecular complexity index is 917. The third-order valence-electron chi connectivity index (χ3n) is 5.24. The van der Waals surface area contributed by atoms with E-state index in [1.54, 1.807) is 6.33 Å². The molecule has 1 fully saturated rings. The van der Waals surface area contributed by atoms with Crippen LogP contribution in [0.4, 0.5) is 5.82 Å². The van der Waals surface area contributed by atoms with Crippen LogP contribution in [0.1, 0.15) is 26.7 Å². The number of hydrogen-bond acceptors (Lipinski definition) is 5. The number of hydrogen-bond donors (Lipinski definition) is 0. The normalized spacial score (nSPS) is 20.8. The molecule has 6 heteroatoms. The molecule has 1 unspecified atom stereocenters. The van der Waals surface area contributed by atoms with Crippen LogP contribution in [-0.2, 0) is 10.8 Å².